The molecule has 3 nitrogen and oxygen atoms in total. The second-order valence-corrected chi connectivity index (χ2v) is 4.22. The van der Waals surface area contributed by atoms with Gasteiger partial charge in [0.1, 0.15) is 0 Å². The SMILES string of the molecule is CC.CC1=CCN(C(=O)OCC(C)C)CC1. The Kier molecular flexibility index (Phi) is 7.69. The Bertz CT molecular complexity index is 234. The number of amides is 1. The lowest BCUT2D eigenvalue weighted by atomic mass is 10.1. The van der Waals surface area contributed by atoms with Crippen LogP contribution in [0, 0.1) is 5.92 Å². The van der Waals surface area contributed by atoms with Gasteiger partial charge in [-0.05, 0) is 19.3 Å². The van der Waals surface area contributed by atoms with Crippen molar-refractivity contribution in [2.24, 2.45) is 5.92 Å². The summed E-state index contributed by atoms with van der Waals surface area (Å²) in [6.07, 6.45) is 2.87. The molecule has 0 aromatic heterocycles. The molecule has 94 valence electrons. The second kappa shape index (κ2) is 8.20. The molecule has 0 aromatic rings. The molecule has 0 saturated carbocycles. The Labute approximate surface area is 99.5 Å². The van der Waals surface area contributed by atoms with Crippen LogP contribution < -0.4 is 0 Å². The highest BCUT2D eigenvalue weighted by Crippen LogP contribution is 2.10. The van der Waals surface area contributed by atoms with Crippen LogP contribution in [0.1, 0.15) is 41.0 Å². The van der Waals surface area contributed by atoms with E-state index in [0.29, 0.717) is 19.1 Å². The van der Waals surface area contributed by atoms with Crippen LogP contribution in [0.5, 0.6) is 0 Å². The highest BCUT2D eigenvalue weighted by atomic mass is 16.6. The lowest BCUT2D eigenvalue weighted by Crippen LogP contribution is -2.35. The monoisotopic (exact) mass is 227 g/mol. The Morgan fingerprint density at radius 3 is 2.56 bits per heavy atom. The highest BCUT2D eigenvalue weighted by molar-refractivity contribution is 5.68. The Morgan fingerprint density at radius 2 is 2.12 bits per heavy atom. The predicted molar refractivity (Wildman–Crippen MR) is 67.5 cm³/mol. The molecule has 3 heteroatoms. The Hall–Kier alpha value is -0.990. The van der Waals surface area contributed by atoms with E-state index in [-0.39, 0.29) is 6.09 Å². The topological polar surface area (TPSA) is 29.5 Å². The molecular formula is C13H25NO2. The van der Waals surface area contributed by atoms with Crippen LogP contribution in [0.25, 0.3) is 0 Å². The molecule has 1 heterocycles. The number of rotatable bonds is 2. The first kappa shape index (κ1) is 15.0. The maximum absolute atomic E-state index is 11.5. The molecule has 1 aliphatic heterocycles. The summed E-state index contributed by atoms with van der Waals surface area (Å²) in [5.41, 5.74) is 1.36. The van der Waals surface area contributed by atoms with Crippen LogP contribution in [0.15, 0.2) is 11.6 Å². The zero-order valence-corrected chi connectivity index (χ0v) is 11.2. The molecule has 0 radical (unpaired) electrons. The normalized spacial score (nSPS) is 15.1. The fourth-order valence-electron chi connectivity index (χ4n) is 1.27. The lowest BCUT2D eigenvalue weighted by molar-refractivity contribution is 0.0946. The summed E-state index contributed by atoms with van der Waals surface area (Å²) in [5.74, 6) is 0.404. The molecule has 0 aliphatic carbocycles. The third-order valence-electron chi connectivity index (χ3n) is 2.23. The van der Waals surface area contributed by atoms with Crippen LogP contribution in [0.4, 0.5) is 4.79 Å². The lowest BCUT2D eigenvalue weighted by Gasteiger charge is -2.25. The first-order valence-electron chi connectivity index (χ1n) is 6.17. The van der Waals surface area contributed by atoms with E-state index in [9.17, 15) is 4.79 Å². The van der Waals surface area contributed by atoms with Gasteiger partial charge in [-0.25, -0.2) is 4.79 Å². The van der Waals surface area contributed by atoms with Gasteiger partial charge in [0, 0.05) is 13.1 Å². The summed E-state index contributed by atoms with van der Waals surface area (Å²) >= 11 is 0. The molecule has 0 atom stereocenters. The maximum Gasteiger partial charge on any atom is 0.410 e. The van der Waals surface area contributed by atoms with Gasteiger partial charge in [0.05, 0.1) is 6.61 Å². The summed E-state index contributed by atoms with van der Waals surface area (Å²) in [6.45, 7) is 12.2. The van der Waals surface area contributed by atoms with E-state index >= 15 is 0 Å². The van der Waals surface area contributed by atoms with Crippen molar-refractivity contribution in [3.05, 3.63) is 11.6 Å². The molecule has 0 unspecified atom stereocenters. The molecule has 16 heavy (non-hydrogen) atoms. The molecule has 0 aromatic carbocycles. The van der Waals surface area contributed by atoms with Crippen LogP contribution in [-0.2, 0) is 4.74 Å². The minimum absolute atomic E-state index is 0.178. The summed E-state index contributed by atoms with van der Waals surface area (Å²) < 4.78 is 5.14. The summed E-state index contributed by atoms with van der Waals surface area (Å²) in [5, 5.41) is 0. The van der Waals surface area contributed by atoms with Crippen molar-refractivity contribution in [1.82, 2.24) is 4.90 Å². The molecule has 0 fully saturated rings. The molecule has 0 N–H and O–H groups in total. The quantitative estimate of drug-likeness (QED) is 0.676. The fourth-order valence-corrected chi connectivity index (χ4v) is 1.27. The number of ether oxygens (including phenoxy) is 1. The first-order chi connectivity index (χ1) is 7.59. The van der Waals surface area contributed by atoms with Crippen LogP contribution in [0.3, 0.4) is 0 Å². The van der Waals surface area contributed by atoms with Crippen LogP contribution in [-0.4, -0.2) is 30.7 Å². The largest absolute Gasteiger partial charge is 0.449 e. The fraction of sp³-hybridized carbons (Fsp3) is 0.769. The smallest absolute Gasteiger partial charge is 0.410 e. The van der Waals surface area contributed by atoms with Crippen molar-refractivity contribution >= 4 is 6.09 Å². The third-order valence-corrected chi connectivity index (χ3v) is 2.23. The van der Waals surface area contributed by atoms with Gasteiger partial charge in [0.15, 0.2) is 0 Å². The minimum atomic E-state index is -0.178. The second-order valence-electron chi connectivity index (χ2n) is 4.22. The van der Waals surface area contributed by atoms with Crippen molar-refractivity contribution in [3.63, 3.8) is 0 Å². The first-order valence-corrected chi connectivity index (χ1v) is 6.17. The number of nitrogens with zero attached hydrogens (tertiary/aromatic N) is 1. The van der Waals surface area contributed by atoms with Gasteiger partial charge in [0.2, 0.25) is 0 Å². The van der Waals surface area contributed by atoms with Gasteiger partial charge >= 0.3 is 6.09 Å². The Balaban J connectivity index is 0.00000106. The van der Waals surface area contributed by atoms with Crippen molar-refractivity contribution < 1.29 is 9.53 Å². The summed E-state index contributed by atoms with van der Waals surface area (Å²) in [7, 11) is 0. The van der Waals surface area contributed by atoms with Crippen LogP contribution in [0.2, 0.25) is 0 Å². The third kappa shape index (κ3) is 5.79. The average Bonchev–Trinajstić information content (AvgIpc) is 2.29. The molecule has 1 aliphatic rings. The molecule has 1 amide bonds. The number of carbonyl (C=O) groups is 1. The highest BCUT2D eigenvalue weighted by Gasteiger charge is 2.16. The number of hydrogen-bond acceptors (Lipinski definition) is 2. The van der Waals surface area contributed by atoms with Gasteiger partial charge in [-0.15, -0.1) is 0 Å². The van der Waals surface area contributed by atoms with E-state index in [1.165, 1.54) is 5.57 Å². The van der Waals surface area contributed by atoms with Crippen molar-refractivity contribution in [2.75, 3.05) is 19.7 Å². The summed E-state index contributed by atoms with van der Waals surface area (Å²) in [6, 6.07) is 0. The zero-order valence-electron chi connectivity index (χ0n) is 11.2. The standard InChI is InChI=1S/C11H19NO2.C2H6/c1-9(2)8-14-11(13)12-6-4-10(3)5-7-12;1-2/h4,9H,5-8H2,1-3H3;1-2H3. The van der Waals surface area contributed by atoms with Crippen molar-refractivity contribution in [2.45, 2.75) is 41.0 Å². The van der Waals surface area contributed by atoms with Gasteiger partial charge in [0.25, 0.3) is 0 Å². The Morgan fingerprint density at radius 1 is 1.50 bits per heavy atom. The van der Waals surface area contributed by atoms with E-state index in [2.05, 4.69) is 13.0 Å². The molecule has 1 rings (SSSR count). The van der Waals surface area contributed by atoms with E-state index in [1.54, 1.807) is 4.90 Å². The van der Waals surface area contributed by atoms with Crippen molar-refractivity contribution in [1.29, 1.82) is 0 Å². The minimum Gasteiger partial charge on any atom is -0.449 e. The summed E-state index contributed by atoms with van der Waals surface area (Å²) in [4.78, 5) is 13.2. The maximum atomic E-state index is 11.5. The van der Waals surface area contributed by atoms with E-state index < -0.39 is 0 Å². The van der Waals surface area contributed by atoms with E-state index in [1.807, 2.05) is 27.7 Å². The molecule has 0 spiro atoms. The van der Waals surface area contributed by atoms with Gasteiger partial charge in [-0.1, -0.05) is 39.3 Å². The van der Waals surface area contributed by atoms with Gasteiger partial charge in [-0.2, -0.15) is 0 Å². The average molecular weight is 227 g/mol. The number of carbonyl (C=O) groups excluding carboxylic acids is 1. The molecule has 0 saturated heterocycles. The van der Waals surface area contributed by atoms with E-state index in [4.69, 9.17) is 4.74 Å². The number of hydrogen-bond donors (Lipinski definition) is 0. The molecular weight excluding hydrogens is 202 g/mol. The van der Waals surface area contributed by atoms with Gasteiger partial charge < -0.3 is 9.64 Å². The van der Waals surface area contributed by atoms with Crippen LogP contribution >= 0.6 is 0 Å². The van der Waals surface area contributed by atoms with Gasteiger partial charge in [-0.3, -0.25) is 0 Å². The predicted octanol–water partition coefficient (Wildman–Crippen LogP) is 3.46. The zero-order chi connectivity index (χ0) is 12.6. The van der Waals surface area contributed by atoms with E-state index in [0.717, 1.165) is 13.0 Å². The molecule has 0 bridgehead atoms. The van der Waals surface area contributed by atoms with Crippen molar-refractivity contribution in [3.8, 4) is 0 Å².